The number of aryl methyl sites for hydroxylation is 1. The van der Waals surface area contributed by atoms with Gasteiger partial charge in [0.15, 0.2) is 0 Å². The second kappa shape index (κ2) is 9.70. The van der Waals surface area contributed by atoms with Crippen molar-refractivity contribution in [2.75, 3.05) is 20.2 Å². The van der Waals surface area contributed by atoms with Crippen molar-refractivity contribution in [1.29, 1.82) is 0 Å². The van der Waals surface area contributed by atoms with Crippen molar-refractivity contribution < 1.29 is 19.1 Å². The maximum Gasteiger partial charge on any atom is 0.259 e. The number of hydrogen-bond donors (Lipinski definition) is 2. The van der Waals surface area contributed by atoms with Gasteiger partial charge in [0.2, 0.25) is 5.91 Å². The molecule has 3 aromatic carbocycles. The predicted molar refractivity (Wildman–Crippen MR) is 151 cm³/mol. The summed E-state index contributed by atoms with van der Waals surface area (Å²) in [6.45, 7) is 5.91. The molecule has 6 rings (SSSR count). The highest BCUT2D eigenvalue weighted by atomic mass is 35.5. The van der Waals surface area contributed by atoms with Gasteiger partial charge in [-0.05, 0) is 49.7 Å². The predicted octanol–water partition coefficient (Wildman–Crippen LogP) is 4.61. The number of imide groups is 1. The minimum atomic E-state index is -0.451. The fourth-order valence-electron chi connectivity index (χ4n) is 6.08. The van der Waals surface area contributed by atoms with E-state index < -0.39 is 11.8 Å². The number of nitrogens with zero attached hydrogens (tertiary/aromatic N) is 2. The van der Waals surface area contributed by atoms with Crippen molar-refractivity contribution in [2.45, 2.75) is 38.9 Å². The fraction of sp³-hybridized carbons (Fsp3) is 0.300. The third-order valence-corrected chi connectivity index (χ3v) is 8.00. The molecule has 3 heterocycles. The molecule has 0 aliphatic carbocycles. The molecule has 1 saturated heterocycles. The zero-order valence-corrected chi connectivity index (χ0v) is 22.8. The Morgan fingerprint density at radius 3 is 2.41 bits per heavy atom. The molecule has 2 atom stereocenters. The molecule has 1 aromatic heterocycles. The van der Waals surface area contributed by atoms with Gasteiger partial charge in [0.1, 0.15) is 5.75 Å². The highest BCUT2D eigenvalue weighted by molar-refractivity contribution is 6.36. The molecular formula is C30H29ClN4O4. The maximum atomic E-state index is 13.3. The molecule has 8 nitrogen and oxygen atoms in total. The zero-order chi connectivity index (χ0) is 27.4. The molecule has 3 amide bonds. The van der Waals surface area contributed by atoms with Crippen LogP contribution in [0.3, 0.4) is 0 Å². The number of benzene rings is 3. The van der Waals surface area contributed by atoms with Crippen molar-refractivity contribution in [3.63, 3.8) is 0 Å². The van der Waals surface area contributed by atoms with Gasteiger partial charge in [-0.2, -0.15) is 0 Å². The van der Waals surface area contributed by atoms with Gasteiger partial charge in [0.05, 0.1) is 23.8 Å². The molecule has 1 fully saturated rings. The molecule has 0 bridgehead atoms. The number of rotatable bonds is 5. The Labute approximate surface area is 230 Å². The average Bonchev–Trinajstić information content (AvgIpc) is 3.38. The van der Waals surface area contributed by atoms with Crippen LogP contribution in [0.1, 0.15) is 41.0 Å². The smallest absolute Gasteiger partial charge is 0.259 e. The van der Waals surface area contributed by atoms with Crippen LogP contribution in [0.15, 0.2) is 48.5 Å². The van der Waals surface area contributed by atoms with Gasteiger partial charge in [-0.3, -0.25) is 19.7 Å². The summed E-state index contributed by atoms with van der Waals surface area (Å²) >= 11 is 6.57. The first-order chi connectivity index (χ1) is 18.8. The number of aromatic nitrogens is 1. The number of ether oxygens (including phenoxy) is 1. The number of methoxy groups -OCH3 is 1. The molecule has 0 spiro atoms. The van der Waals surface area contributed by atoms with Crippen molar-refractivity contribution in [2.24, 2.45) is 0 Å². The van der Waals surface area contributed by atoms with E-state index in [-0.39, 0.29) is 18.0 Å². The summed E-state index contributed by atoms with van der Waals surface area (Å²) in [6, 6.07) is 15.3. The van der Waals surface area contributed by atoms with Crippen LogP contribution >= 0.6 is 11.6 Å². The Kier molecular flexibility index (Phi) is 6.32. The van der Waals surface area contributed by atoms with Crippen LogP contribution in [-0.2, 0) is 11.3 Å². The quantitative estimate of drug-likeness (QED) is 0.358. The number of carbonyl (C=O) groups excluding carboxylic acids is 3. The number of halogens is 1. The third-order valence-electron chi connectivity index (χ3n) is 7.67. The molecule has 39 heavy (non-hydrogen) atoms. The Bertz CT molecular complexity index is 1670. The molecular weight excluding hydrogens is 516 g/mol. The molecule has 2 N–H and O–H groups in total. The lowest BCUT2D eigenvalue weighted by Gasteiger charge is -2.36. The van der Waals surface area contributed by atoms with Crippen molar-refractivity contribution in [3.8, 4) is 16.9 Å². The van der Waals surface area contributed by atoms with Gasteiger partial charge >= 0.3 is 0 Å². The van der Waals surface area contributed by atoms with E-state index in [1.54, 1.807) is 13.2 Å². The first-order valence-corrected chi connectivity index (χ1v) is 13.5. The SMILES string of the molecule is COc1ccc2c(c1)c1c3c(c(-c4ccccc4Cl)cc1n2CCC(=O)N1C[C@@H](C)N[C@@H](C)C1)C(=O)NC3=O. The average molecular weight is 545 g/mol. The molecule has 0 saturated carbocycles. The summed E-state index contributed by atoms with van der Waals surface area (Å²) < 4.78 is 7.56. The fourth-order valence-corrected chi connectivity index (χ4v) is 6.32. The van der Waals surface area contributed by atoms with E-state index >= 15 is 0 Å². The lowest BCUT2D eigenvalue weighted by atomic mass is 9.93. The van der Waals surface area contributed by atoms with Gasteiger partial charge in [0.25, 0.3) is 11.8 Å². The van der Waals surface area contributed by atoms with Crippen LogP contribution in [0.4, 0.5) is 0 Å². The van der Waals surface area contributed by atoms with E-state index in [0.717, 1.165) is 16.4 Å². The van der Waals surface area contributed by atoms with Crippen molar-refractivity contribution in [3.05, 3.63) is 64.7 Å². The van der Waals surface area contributed by atoms with E-state index in [4.69, 9.17) is 16.3 Å². The monoisotopic (exact) mass is 544 g/mol. The van der Waals surface area contributed by atoms with Gasteiger partial charge in [-0.15, -0.1) is 0 Å². The number of amides is 3. The van der Waals surface area contributed by atoms with Crippen LogP contribution in [0.2, 0.25) is 5.02 Å². The summed E-state index contributed by atoms with van der Waals surface area (Å²) in [6.07, 6.45) is 0.300. The Morgan fingerprint density at radius 1 is 0.974 bits per heavy atom. The Morgan fingerprint density at radius 2 is 1.69 bits per heavy atom. The van der Waals surface area contributed by atoms with E-state index in [9.17, 15) is 14.4 Å². The number of nitrogens with one attached hydrogen (secondary N) is 2. The first-order valence-electron chi connectivity index (χ1n) is 13.1. The van der Waals surface area contributed by atoms with Crippen LogP contribution in [0, 0.1) is 0 Å². The molecule has 0 unspecified atom stereocenters. The number of carbonyl (C=O) groups is 3. The standard InChI is InChI=1S/C30H29ClN4O4/c1-16-14-34(15-17(2)32-16)25(36)10-11-35-23-9-8-18(39-3)12-21(23)26-24(35)13-20(19-6-4-5-7-22(19)31)27-28(26)30(38)33-29(27)37/h4-9,12-13,16-17,32H,10-11,14-15H2,1-3H3,(H,33,37,38)/t16-,17+. The minimum Gasteiger partial charge on any atom is -0.497 e. The summed E-state index contributed by atoms with van der Waals surface area (Å²) in [5, 5.41) is 7.87. The van der Waals surface area contributed by atoms with Crippen LogP contribution < -0.4 is 15.4 Å². The van der Waals surface area contributed by atoms with Gasteiger partial charge in [-0.25, -0.2) is 0 Å². The zero-order valence-electron chi connectivity index (χ0n) is 22.0. The van der Waals surface area contributed by atoms with Crippen LogP contribution in [-0.4, -0.2) is 59.5 Å². The lowest BCUT2D eigenvalue weighted by Crippen LogP contribution is -2.55. The van der Waals surface area contributed by atoms with Gasteiger partial charge < -0.3 is 19.5 Å². The Balaban J connectivity index is 1.55. The second-order valence-electron chi connectivity index (χ2n) is 10.4. The number of piperazine rings is 1. The Hall–Kier alpha value is -3.88. The summed E-state index contributed by atoms with van der Waals surface area (Å²) in [5.41, 5.74) is 3.48. The lowest BCUT2D eigenvalue weighted by molar-refractivity contribution is -0.133. The summed E-state index contributed by atoms with van der Waals surface area (Å²) in [7, 11) is 1.59. The van der Waals surface area contributed by atoms with E-state index in [1.807, 2.05) is 47.4 Å². The van der Waals surface area contributed by atoms with Crippen LogP contribution in [0.5, 0.6) is 5.75 Å². The topological polar surface area (TPSA) is 92.7 Å². The number of fused-ring (bicyclic) bond motifs is 5. The molecule has 0 radical (unpaired) electrons. The summed E-state index contributed by atoms with van der Waals surface area (Å²) in [5.74, 6) is -0.183. The highest BCUT2D eigenvalue weighted by Gasteiger charge is 2.35. The van der Waals surface area contributed by atoms with E-state index in [0.29, 0.717) is 64.5 Å². The van der Waals surface area contributed by atoms with Crippen molar-refractivity contribution >= 4 is 51.1 Å². The van der Waals surface area contributed by atoms with E-state index in [1.165, 1.54) is 0 Å². The second-order valence-corrected chi connectivity index (χ2v) is 10.8. The van der Waals surface area contributed by atoms with Crippen molar-refractivity contribution in [1.82, 2.24) is 20.1 Å². The van der Waals surface area contributed by atoms with Gasteiger partial charge in [-0.1, -0.05) is 29.8 Å². The maximum absolute atomic E-state index is 13.3. The molecule has 200 valence electrons. The van der Waals surface area contributed by atoms with E-state index in [2.05, 4.69) is 29.0 Å². The number of hydrogen-bond acceptors (Lipinski definition) is 5. The van der Waals surface area contributed by atoms with Crippen LogP contribution in [0.25, 0.3) is 32.9 Å². The largest absolute Gasteiger partial charge is 0.497 e. The van der Waals surface area contributed by atoms with Gasteiger partial charge in [0, 0.05) is 65.0 Å². The first kappa shape index (κ1) is 25.4. The third kappa shape index (κ3) is 4.24. The molecule has 9 heteroatoms. The molecule has 2 aliphatic heterocycles. The molecule has 4 aromatic rings. The normalized spacial score (nSPS) is 19.0. The molecule has 2 aliphatic rings. The highest BCUT2D eigenvalue weighted by Crippen LogP contribution is 2.42. The summed E-state index contributed by atoms with van der Waals surface area (Å²) in [4.78, 5) is 41.5. The minimum absolute atomic E-state index is 0.0825.